The summed E-state index contributed by atoms with van der Waals surface area (Å²) >= 11 is 0. The van der Waals surface area contributed by atoms with Crippen LogP contribution in [0.15, 0.2) is 10.2 Å². The monoisotopic (exact) mass is 212 g/mol. The van der Waals surface area contributed by atoms with Gasteiger partial charge in [-0.15, -0.1) is 5.10 Å². The van der Waals surface area contributed by atoms with E-state index in [2.05, 4.69) is 10.2 Å². The first-order valence-electron chi connectivity index (χ1n) is 4.97. The van der Waals surface area contributed by atoms with Gasteiger partial charge in [-0.25, -0.2) is 0 Å². The third-order valence-electron chi connectivity index (χ3n) is 2.19. The molecule has 0 spiro atoms. The van der Waals surface area contributed by atoms with Crippen molar-refractivity contribution < 1.29 is 9.53 Å². The Hall–Kier alpha value is -1.59. The average Bonchev–Trinajstić information content (AvgIpc) is 2.62. The molecular formula is C9H16N4O2. The number of carbonyl (C=O) groups excluding carboxylic acids is 1. The predicted octanol–water partition coefficient (Wildman–Crippen LogP) is -0.0210. The molecule has 84 valence electrons. The Bertz CT molecular complexity index is 294. The standard InChI is InChI=1S/C9H16N4O2/c1-2-15-8(14)6-4-3-5-7(6)12-13-9(10)11/h6H,2-5H2,1H3,(H4,10,11,13)/b12-7-/t6-/m1/s1. The van der Waals surface area contributed by atoms with Gasteiger partial charge < -0.3 is 16.2 Å². The van der Waals surface area contributed by atoms with Crippen molar-refractivity contribution in [3.63, 3.8) is 0 Å². The molecule has 1 saturated carbocycles. The van der Waals surface area contributed by atoms with E-state index >= 15 is 0 Å². The number of nitrogens with two attached hydrogens (primary N) is 2. The first kappa shape index (κ1) is 11.5. The Morgan fingerprint density at radius 1 is 1.60 bits per heavy atom. The molecule has 0 saturated heterocycles. The maximum atomic E-state index is 11.5. The molecule has 0 aromatic carbocycles. The fraction of sp³-hybridized carbons (Fsp3) is 0.667. The summed E-state index contributed by atoms with van der Waals surface area (Å²) in [5, 5.41) is 7.41. The van der Waals surface area contributed by atoms with Crippen LogP contribution in [0.25, 0.3) is 0 Å². The van der Waals surface area contributed by atoms with Gasteiger partial charge in [0, 0.05) is 0 Å². The molecule has 0 bridgehead atoms. The lowest BCUT2D eigenvalue weighted by atomic mass is 10.1. The Balaban J connectivity index is 2.68. The highest BCUT2D eigenvalue weighted by molar-refractivity contribution is 6.03. The van der Waals surface area contributed by atoms with E-state index in [1.54, 1.807) is 6.92 Å². The smallest absolute Gasteiger partial charge is 0.314 e. The van der Waals surface area contributed by atoms with Gasteiger partial charge in [-0.05, 0) is 26.2 Å². The maximum absolute atomic E-state index is 11.5. The highest BCUT2D eigenvalue weighted by Gasteiger charge is 2.30. The van der Waals surface area contributed by atoms with Gasteiger partial charge in [0.1, 0.15) is 0 Å². The molecule has 15 heavy (non-hydrogen) atoms. The van der Waals surface area contributed by atoms with Crippen LogP contribution in [0.5, 0.6) is 0 Å². The highest BCUT2D eigenvalue weighted by Crippen LogP contribution is 2.24. The molecule has 0 aromatic heterocycles. The molecule has 1 atom stereocenters. The molecule has 0 aromatic rings. The fourth-order valence-electron chi connectivity index (χ4n) is 1.57. The number of carbonyl (C=O) groups is 1. The largest absolute Gasteiger partial charge is 0.465 e. The van der Waals surface area contributed by atoms with Crippen LogP contribution in [-0.4, -0.2) is 24.2 Å². The van der Waals surface area contributed by atoms with Crippen molar-refractivity contribution in [2.45, 2.75) is 26.2 Å². The summed E-state index contributed by atoms with van der Waals surface area (Å²) < 4.78 is 4.93. The van der Waals surface area contributed by atoms with Crippen LogP contribution < -0.4 is 11.5 Å². The Labute approximate surface area is 88.4 Å². The van der Waals surface area contributed by atoms with Crippen LogP contribution in [-0.2, 0) is 9.53 Å². The van der Waals surface area contributed by atoms with Gasteiger partial charge >= 0.3 is 5.97 Å². The van der Waals surface area contributed by atoms with Gasteiger partial charge in [0.05, 0.1) is 18.2 Å². The lowest BCUT2D eigenvalue weighted by Crippen LogP contribution is -2.24. The molecule has 0 radical (unpaired) electrons. The SMILES string of the molecule is CCOC(=O)[C@@H]1CCC/C1=N/N=C(N)N. The van der Waals surface area contributed by atoms with Gasteiger partial charge in [0.2, 0.25) is 5.96 Å². The quantitative estimate of drug-likeness (QED) is 0.297. The molecule has 6 heteroatoms. The lowest BCUT2D eigenvalue weighted by molar-refractivity contribution is -0.145. The van der Waals surface area contributed by atoms with E-state index in [-0.39, 0.29) is 17.8 Å². The molecule has 0 heterocycles. The van der Waals surface area contributed by atoms with Gasteiger partial charge in [-0.3, -0.25) is 4.79 Å². The van der Waals surface area contributed by atoms with E-state index in [0.717, 1.165) is 19.3 Å². The first-order valence-corrected chi connectivity index (χ1v) is 4.97. The third kappa shape index (κ3) is 3.23. The number of rotatable bonds is 3. The fourth-order valence-corrected chi connectivity index (χ4v) is 1.57. The van der Waals surface area contributed by atoms with Crippen LogP contribution in [0.2, 0.25) is 0 Å². The second-order valence-corrected chi connectivity index (χ2v) is 3.31. The number of guanidine groups is 1. The predicted molar refractivity (Wildman–Crippen MR) is 57.2 cm³/mol. The maximum Gasteiger partial charge on any atom is 0.314 e. The average molecular weight is 212 g/mol. The van der Waals surface area contributed by atoms with E-state index in [0.29, 0.717) is 12.3 Å². The third-order valence-corrected chi connectivity index (χ3v) is 2.19. The molecule has 4 N–H and O–H groups in total. The van der Waals surface area contributed by atoms with E-state index in [9.17, 15) is 4.79 Å². The second kappa shape index (κ2) is 5.33. The molecule has 6 nitrogen and oxygen atoms in total. The molecule has 0 unspecified atom stereocenters. The molecule has 1 aliphatic rings. The highest BCUT2D eigenvalue weighted by atomic mass is 16.5. The van der Waals surface area contributed by atoms with Gasteiger partial charge in [-0.1, -0.05) is 0 Å². The van der Waals surface area contributed by atoms with E-state index in [4.69, 9.17) is 16.2 Å². The number of hydrogen-bond donors (Lipinski definition) is 2. The second-order valence-electron chi connectivity index (χ2n) is 3.31. The van der Waals surface area contributed by atoms with Gasteiger partial charge in [0.25, 0.3) is 0 Å². The van der Waals surface area contributed by atoms with Gasteiger partial charge in [-0.2, -0.15) is 5.10 Å². The van der Waals surface area contributed by atoms with Crippen LogP contribution in [0.3, 0.4) is 0 Å². The summed E-state index contributed by atoms with van der Waals surface area (Å²) in [5.74, 6) is -0.607. The zero-order chi connectivity index (χ0) is 11.3. The van der Waals surface area contributed by atoms with Crippen molar-refractivity contribution in [1.82, 2.24) is 0 Å². The zero-order valence-corrected chi connectivity index (χ0v) is 8.77. The molecule has 1 rings (SSSR count). The van der Waals surface area contributed by atoms with Crippen molar-refractivity contribution in [1.29, 1.82) is 0 Å². The van der Waals surface area contributed by atoms with Gasteiger partial charge in [0.15, 0.2) is 0 Å². The summed E-state index contributed by atoms with van der Waals surface area (Å²) in [6.45, 7) is 2.16. The summed E-state index contributed by atoms with van der Waals surface area (Å²) in [5.41, 5.74) is 11.0. The minimum absolute atomic E-state index is 0.1000. The summed E-state index contributed by atoms with van der Waals surface area (Å²) in [6.07, 6.45) is 2.43. The van der Waals surface area contributed by atoms with Crippen molar-refractivity contribution in [2.75, 3.05) is 6.61 Å². The van der Waals surface area contributed by atoms with Crippen LogP contribution in [0.4, 0.5) is 0 Å². The van der Waals surface area contributed by atoms with Crippen molar-refractivity contribution in [3.8, 4) is 0 Å². The summed E-state index contributed by atoms with van der Waals surface area (Å²) in [7, 11) is 0. The number of nitrogens with zero attached hydrogens (tertiary/aromatic N) is 2. The van der Waals surface area contributed by atoms with Crippen molar-refractivity contribution in [3.05, 3.63) is 0 Å². The number of hydrogen-bond acceptors (Lipinski definition) is 4. The lowest BCUT2D eigenvalue weighted by Gasteiger charge is -2.08. The molecule has 0 amide bonds. The van der Waals surface area contributed by atoms with E-state index < -0.39 is 0 Å². The number of esters is 1. The minimum Gasteiger partial charge on any atom is -0.465 e. The Morgan fingerprint density at radius 3 is 2.93 bits per heavy atom. The van der Waals surface area contributed by atoms with Crippen LogP contribution >= 0.6 is 0 Å². The van der Waals surface area contributed by atoms with Crippen LogP contribution in [0, 0.1) is 5.92 Å². The van der Waals surface area contributed by atoms with Crippen molar-refractivity contribution in [2.24, 2.45) is 27.6 Å². The molecule has 1 aliphatic carbocycles. The summed E-state index contributed by atoms with van der Waals surface area (Å²) in [6, 6.07) is 0. The molecular weight excluding hydrogens is 196 g/mol. The molecule has 0 aliphatic heterocycles. The van der Waals surface area contributed by atoms with E-state index in [1.165, 1.54) is 0 Å². The topological polar surface area (TPSA) is 103 Å². The Kier molecular flexibility index (Phi) is 4.08. The first-order chi connectivity index (χ1) is 7.15. The zero-order valence-electron chi connectivity index (χ0n) is 8.77. The minimum atomic E-state index is -0.270. The van der Waals surface area contributed by atoms with Crippen molar-refractivity contribution >= 4 is 17.6 Å². The number of ether oxygens (including phenoxy) is 1. The molecule has 1 fully saturated rings. The summed E-state index contributed by atoms with van der Waals surface area (Å²) in [4.78, 5) is 11.5. The van der Waals surface area contributed by atoms with E-state index in [1.807, 2.05) is 0 Å². The normalized spacial score (nSPS) is 22.7. The van der Waals surface area contributed by atoms with Crippen LogP contribution in [0.1, 0.15) is 26.2 Å². The Morgan fingerprint density at radius 2 is 2.33 bits per heavy atom.